The molecule has 0 saturated heterocycles. The van der Waals surface area contributed by atoms with Crippen LogP contribution in [0.4, 0.5) is 10.1 Å². The number of hydrogen-bond donors (Lipinski definition) is 1. The van der Waals surface area contributed by atoms with Crippen molar-refractivity contribution in [2.45, 2.75) is 13.3 Å². The van der Waals surface area contributed by atoms with Crippen molar-refractivity contribution in [2.75, 3.05) is 39.5 Å². The lowest BCUT2D eigenvalue weighted by atomic mass is 10.1. The highest BCUT2D eigenvalue weighted by molar-refractivity contribution is 9.10. The van der Waals surface area contributed by atoms with Crippen LogP contribution in [0.15, 0.2) is 16.6 Å². The Morgan fingerprint density at radius 1 is 1.35 bits per heavy atom. The van der Waals surface area contributed by atoms with Crippen molar-refractivity contribution in [3.05, 3.63) is 28.0 Å². The number of carbonyl (C=O) groups excluding carboxylic acids is 1. The molecular weight excluding hydrogens is 325 g/mol. The van der Waals surface area contributed by atoms with Gasteiger partial charge in [0, 0.05) is 17.6 Å². The number of amides is 1. The summed E-state index contributed by atoms with van der Waals surface area (Å²) in [5, 5.41) is 0. The van der Waals surface area contributed by atoms with Crippen molar-refractivity contribution in [1.29, 1.82) is 0 Å². The van der Waals surface area contributed by atoms with Gasteiger partial charge in [-0.1, -0.05) is 0 Å². The zero-order valence-corrected chi connectivity index (χ0v) is 13.7. The first-order chi connectivity index (χ1) is 9.36. The predicted octanol–water partition coefficient (Wildman–Crippen LogP) is 2.58. The zero-order chi connectivity index (χ0) is 15.3. The number of halogens is 2. The molecule has 0 heterocycles. The molecule has 1 rings (SSSR count). The quantitative estimate of drug-likeness (QED) is 0.806. The molecule has 112 valence electrons. The van der Waals surface area contributed by atoms with Crippen molar-refractivity contribution in [3.63, 3.8) is 0 Å². The molecule has 4 nitrogen and oxygen atoms in total. The van der Waals surface area contributed by atoms with Gasteiger partial charge >= 0.3 is 0 Å². The molecule has 0 unspecified atom stereocenters. The first-order valence-corrected chi connectivity index (χ1v) is 7.34. The first kappa shape index (κ1) is 16.9. The summed E-state index contributed by atoms with van der Waals surface area (Å²) in [5.74, 6) is -0.658. The number of nitrogens with two attached hydrogens (primary N) is 1. The second-order valence-electron chi connectivity index (χ2n) is 4.90. The van der Waals surface area contributed by atoms with Gasteiger partial charge in [-0.25, -0.2) is 4.39 Å². The third kappa shape index (κ3) is 4.45. The second-order valence-corrected chi connectivity index (χ2v) is 5.75. The number of hydrogen-bond acceptors (Lipinski definition) is 3. The Balaban J connectivity index is 2.83. The summed E-state index contributed by atoms with van der Waals surface area (Å²) in [6.07, 6.45) is 0.890. The van der Waals surface area contributed by atoms with E-state index in [0.717, 1.165) is 13.0 Å². The summed E-state index contributed by atoms with van der Waals surface area (Å²) >= 11 is 3.22. The van der Waals surface area contributed by atoms with Crippen LogP contribution in [0, 0.1) is 5.82 Å². The summed E-state index contributed by atoms with van der Waals surface area (Å²) in [7, 11) is 3.99. The first-order valence-electron chi connectivity index (χ1n) is 6.55. The molecule has 0 saturated carbocycles. The summed E-state index contributed by atoms with van der Waals surface area (Å²) in [6.45, 7) is 4.11. The molecule has 1 aromatic rings. The van der Waals surface area contributed by atoms with E-state index in [1.54, 1.807) is 4.90 Å². The molecule has 1 amide bonds. The Hall–Kier alpha value is -1.14. The lowest BCUT2D eigenvalue weighted by Crippen LogP contribution is -2.33. The molecule has 6 heteroatoms. The summed E-state index contributed by atoms with van der Waals surface area (Å²) < 4.78 is 13.7. The van der Waals surface area contributed by atoms with E-state index in [1.807, 2.05) is 21.0 Å². The van der Waals surface area contributed by atoms with Crippen LogP contribution >= 0.6 is 15.9 Å². The molecule has 1 aromatic carbocycles. The van der Waals surface area contributed by atoms with E-state index in [4.69, 9.17) is 5.73 Å². The lowest BCUT2D eigenvalue weighted by Gasteiger charge is -2.22. The molecule has 2 N–H and O–H groups in total. The van der Waals surface area contributed by atoms with E-state index in [1.165, 1.54) is 12.1 Å². The molecule has 0 radical (unpaired) electrons. The van der Waals surface area contributed by atoms with E-state index < -0.39 is 5.82 Å². The fraction of sp³-hybridized carbons (Fsp3) is 0.500. The van der Waals surface area contributed by atoms with Crippen LogP contribution < -0.4 is 5.73 Å². The Morgan fingerprint density at radius 3 is 2.55 bits per heavy atom. The van der Waals surface area contributed by atoms with Gasteiger partial charge in [0.1, 0.15) is 5.82 Å². The van der Waals surface area contributed by atoms with Crippen molar-refractivity contribution in [3.8, 4) is 0 Å². The number of benzene rings is 1. The Labute approximate surface area is 127 Å². The SMILES string of the molecule is CCN(CCCN(C)C)C(=O)c1cc(N)c(F)cc1Br. The average Bonchev–Trinajstić information content (AvgIpc) is 2.38. The van der Waals surface area contributed by atoms with E-state index in [2.05, 4.69) is 20.8 Å². The Kier molecular flexibility index (Phi) is 6.42. The molecule has 0 aliphatic rings. The topological polar surface area (TPSA) is 49.6 Å². The molecule has 0 aromatic heterocycles. The fourth-order valence-corrected chi connectivity index (χ4v) is 2.37. The molecule has 0 fully saturated rings. The predicted molar refractivity (Wildman–Crippen MR) is 83.3 cm³/mol. The van der Waals surface area contributed by atoms with Crippen LogP contribution in [0.5, 0.6) is 0 Å². The highest BCUT2D eigenvalue weighted by atomic mass is 79.9. The molecular formula is C14H21BrFN3O. The van der Waals surface area contributed by atoms with Crippen molar-refractivity contribution >= 4 is 27.5 Å². The maximum atomic E-state index is 13.3. The molecule has 0 atom stereocenters. The molecule has 0 bridgehead atoms. The lowest BCUT2D eigenvalue weighted by molar-refractivity contribution is 0.0758. The van der Waals surface area contributed by atoms with E-state index in [-0.39, 0.29) is 11.6 Å². The molecule has 20 heavy (non-hydrogen) atoms. The van der Waals surface area contributed by atoms with Crippen LogP contribution in [-0.2, 0) is 0 Å². The van der Waals surface area contributed by atoms with Crippen molar-refractivity contribution in [1.82, 2.24) is 9.80 Å². The maximum Gasteiger partial charge on any atom is 0.255 e. The summed E-state index contributed by atoms with van der Waals surface area (Å²) in [6, 6.07) is 2.62. The average molecular weight is 346 g/mol. The second kappa shape index (κ2) is 7.59. The number of anilines is 1. The van der Waals surface area contributed by atoms with Crippen molar-refractivity contribution in [2.24, 2.45) is 0 Å². The van der Waals surface area contributed by atoms with Gasteiger partial charge in [0.25, 0.3) is 5.91 Å². The van der Waals surface area contributed by atoms with Crippen molar-refractivity contribution < 1.29 is 9.18 Å². The van der Waals surface area contributed by atoms with Crippen LogP contribution in [-0.4, -0.2) is 49.4 Å². The van der Waals surface area contributed by atoms with Crippen LogP contribution in [0.25, 0.3) is 0 Å². The van der Waals surface area contributed by atoms with Gasteiger partial charge in [-0.3, -0.25) is 4.79 Å². The van der Waals surface area contributed by atoms with Gasteiger partial charge < -0.3 is 15.5 Å². The Morgan fingerprint density at radius 2 is 2.00 bits per heavy atom. The van der Waals surface area contributed by atoms with E-state index >= 15 is 0 Å². The number of rotatable bonds is 6. The van der Waals surface area contributed by atoms with Gasteiger partial charge in [0.05, 0.1) is 11.3 Å². The smallest absolute Gasteiger partial charge is 0.255 e. The highest BCUT2D eigenvalue weighted by Gasteiger charge is 2.18. The van der Waals surface area contributed by atoms with Crippen LogP contribution in [0.2, 0.25) is 0 Å². The van der Waals surface area contributed by atoms with Gasteiger partial charge in [-0.2, -0.15) is 0 Å². The molecule has 0 aliphatic heterocycles. The molecule has 0 aliphatic carbocycles. The van der Waals surface area contributed by atoms with Crippen LogP contribution in [0.1, 0.15) is 23.7 Å². The van der Waals surface area contributed by atoms with Gasteiger partial charge in [0.15, 0.2) is 0 Å². The normalized spacial score (nSPS) is 10.9. The summed E-state index contributed by atoms with van der Waals surface area (Å²) in [5.41, 5.74) is 5.92. The Bertz CT molecular complexity index is 480. The fourth-order valence-electron chi connectivity index (χ4n) is 1.88. The monoisotopic (exact) mass is 345 g/mol. The minimum Gasteiger partial charge on any atom is -0.396 e. The molecule has 0 spiro atoms. The third-order valence-corrected chi connectivity index (χ3v) is 3.68. The third-order valence-electron chi connectivity index (χ3n) is 3.02. The number of carbonyl (C=O) groups is 1. The largest absolute Gasteiger partial charge is 0.396 e. The van der Waals surface area contributed by atoms with E-state index in [9.17, 15) is 9.18 Å². The van der Waals surface area contributed by atoms with Gasteiger partial charge in [-0.15, -0.1) is 0 Å². The zero-order valence-electron chi connectivity index (χ0n) is 12.1. The van der Waals surface area contributed by atoms with Gasteiger partial charge in [0.2, 0.25) is 0 Å². The maximum absolute atomic E-state index is 13.3. The number of nitrogen functional groups attached to an aromatic ring is 1. The van der Waals surface area contributed by atoms with Crippen LogP contribution in [0.3, 0.4) is 0 Å². The standard InChI is InChI=1S/C14H21BrFN3O/c1-4-19(7-5-6-18(2)3)14(20)10-8-13(17)12(16)9-11(10)15/h8-9H,4-7,17H2,1-3H3. The summed E-state index contributed by atoms with van der Waals surface area (Å²) in [4.78, 5) is 16.3. The van der Waals surface area contributed by atoms with E-state index in [0.29, 0.717) is 23.1 Å². The highest BCUT2D eigenvalue weighted by Crippen LogP contribution is 2.24. The van der Waals surface area contributed by atoms with Gasteiger partial charge in [-0.05, 0) is 62.0 Å². The minimum atomic E-state index is -0.524. The number of nitrogens with zero attached hydrogens (tertiary/aromatic N) is 2. The minimum absolute atomic E-state index is 0.0131.